The summed E-state index contributed by atoms with van der Waals surface area (Å²) in [5.74, 6) is 1.66. The van der Waals surface area contributed by atoms with E-state index in [1.54, 1.807) is 7.11 Å². The van der Waals surface area contributed by atoms with Gasteiger partial charge in [-0.3, -0.25) is 0 Å². The average Bonchev–Trinajstić information content (AvgIpc) is 2.38. The van der Waals surface area contributed by atoms with Gasteiger partial charge in [-0.15, -0.1) is 0 Å². The van der Waals surface area contributed by atoms with Crippen molar-refractivity contribution in [2.45, 2.75) is 51.0 Å². The van der Waals surface area contributed by atoms with Crippen LogP contribution in [0.2, 0.25) is 5.02 Å². The molecule has 2 nitrogen and oxygen atoms in total. The summed E-state index contributed by atoms with van der Waals surface area (Å²) in [7, 11) is 1.70. The van der Waals surface area contributed by atoms with E-state index < -0.39 is 0 Å². The van der Waals surface area contributed by atoms with E-state index in [4.69, 9.17) is 22.1 Å². The Kier molecular flexibility index (Phi) is 4.75. The third-order valence-electron chi connectivity index (χ3n) is 4.34. The van der Waals surface area contributed by atoms with E-state index in [-0.39, 0.29) is 5.54 Å². The maximum absolute atomic E-state index is 6.63. The Morgan fingerprint density at radius 1 is 1.47 bits per heavy atom. The lowest BCUT2D eigenvalue weighted by molar-refractivity contribution is 0.217. The molecule has 0 bridgehead atoms. The zero-order valence-electron chi connectivity index (χ0n) is 11.9. The summed E-state index contributed by atoms with van der Waals surface area (Å²) in [5.41, 5.74) is 7.67. The molecule has 0 saturated heterocycles. The highest BCUT2D eigenvalue weighted by atomic mass is 35.5. The first-order valence-corrected chi connectivity index (χ1v) is 7.55. The second-order valence-corrected chi connectivity index (χ2v) is 6.30. The van der Waals surface area contributed by atoms with Crippen molar-refractivity contribution < 1.29 is 4.74 Å². The van der Waals surface area contributed by atoms with E-state index in [1.165, 1.54) is 19.3 Å². The molecule has 2 atom stereocenters. The normalized spacial score (nSPS) is 27.3. The van der Waals surface area contributed by atoms with Gasteiger partial charge >= 0.3 is 0 Å². The molecular weight excluding hydrogens is 258 g/mol. The van der Waals surface area contributed by atoms with Gasteiger partial charge in [0, 0.05) is 10.6 Å². The van der Waals surface area contributed by atoms with Gasteiger partial charge < -0.3 is 10.5 Å². The summed E-state index contributed by atoms with van der Waals surface area (Å²) in [6.45, 7) is 2.26. The molecule has 3 heteroatoms. The predicted octanol–water partition coefficient (Wildman–Crippen LogP) is 4.19. The van der Waals surface area contributed by atoms with Crippen molar-refractivity contribution in [2.24, 2.45) is 11.7 Å². The van der Waals surface area contributed by atoms with Crippen LogP contribution in [-0.4, -0.2) is 12.6 Å². The maximum Gasteiger partial charge on any atom is 0.122 e. The van der Waals surface area contributed by atoms with Crippen LogP contribution < -0.4 is 10.5 Å². The van der Waals surface area contributed by atoms with E-state index in [2.05, 4.69) is 6.92 Å². The molecule has 1 fully saturated rings. The molecule has 0 amide bonds. The highest BCUT2D eigenvalue weighted by Crippen LogP contribution is 2.36. The molecule has 0 radical (unpaired) electrons. The van der Waals surface area contributed by atoms with Crippen molar-refractivity contribution in [3.8, 4) is 5.75 Å². The van der Waals surface area contributed by atoms with E-state index in [0.29, 0.717) is 0 Å². The molecule has 1 aromatic rings. The van der Waals surface area contributed by atoms with Gasteiger partial charge in [-0.05, 0) is 48.9 Å². The Balaban J connectivity index is 2.17. The molecule has 1 aliphatic carbocycles. The smallest absolute Gasteiger partial charge is 0.122 e. The lowest BCUT2D eigenvalue weighted by atomic mass is 9.72. The van der Waals surface area contributed by atoms with E-state index in [9.17, 15) is 0 Å². The van der Waals surface area contributed by atoms with Crippen LogP contribution in [0.1, 0.15) is 44.6 Å². The second-order valence-electron chi connectivity index (χ2n) is 5.87. The van der Waals surface area contributed by atoms with Gasteiger partial charge in [0.15, 0.2) is 0 Å². The number of methoxy groups -OCH3 is 1. The van der Waals surface area contributed by atoms with Crippen molar-refractivity contribution >= 4 is 11.6 Å². The third-order valence-corrected chi connectivity index (χ3v) is 4.58. The maximum atomic E-state index is 6.63. The number of hydrogen-bond donors (Lipinski definition) is 1. The summed E-state index contributed by atoms with van der Waals surface area (Å²) in [6, 6.07) is 5.79. The zero-order valence-corrected chi connectivity index (χ0v) is 12.7. The van der Waals surface area contributed by atoms with Crippen molar-refractivity contribution in [2.75, 3.05) is 7.11 Å². The first kappa shape index (κ1) is 14.7. The molecule has 0 spiro atoms. The second kappa shape index (κ2) is 6.15. The molecule has 0 aromatic heterocycles. The first-order valence-electron chi connectivity index (χ1n) is 7.17. The lowest BCUT2D eigenvalue weighted by Gasteiger charge is -2.38. The predicted molar refractivity (Wildman–Crippen MR) is 80.9 cm³/mol. The van der Waals surface area contributed by atoms with Crippen LogP contribution in [0.15, 0.2) is 18.2 Å². The fourth-order valence-electron chi connectivity index (χ4n) is 3.30. The number of nitrogens with two attached hydrogens (primary N) is 1. The summed E-state index contributed by atoms with van der Waals surface area (Å²) in [6.07, 6.45) is 6.84. The van der Waals surface area contributed by atoms with E-state index >= 15 is 0 Å². The van der Waals surface area contributed by atoms with Crippen LogP contribution in [0.3, 0.4) is 0 Å². The fourth-order valence-corrected chi connectivity index (χ4v) is 3.49. The Morgan fingerprint density at radius 3 is 2.95 bits per heavy atom. The topological polar surface area (TPSA) is 35.2 Å². The largest absolute Gasteiger partial charge is 0.496 e. The standard InChI is InChI=1S/C16H24ClNO/c1-3-12-5-4-8-16(18,10-12)11-13-9-14(17)6-7-15(13)19-2/h6-7,9,12H,3-5,8,10-11,18H2,1-2H3. The summed E-state index contributed by atoms with van der Waals surface area (Å²) in [5, 5.41) is 0.752. The van der Waals surface area contributed by atoms with Crippen molar-refractivity contribution in [1.82, 2.24) is 0 Å². The Morgan fingerprint density at radius 2 is 2.26 bits per heavy atom. The summed E-state index contributed by atoms with van der Waals surface area (Å²) < 4.78 is 5.43. The molecule has 1 saturated carbocycles. The SMILES string of the molecule is CCC1CCCC(N)(Cc2cc(Cl)ccc2OC)C1. The van der Waals surface area contributed by atoms with Gasteiger partial charge in [0.1, 0.15) is 5.75 Å². The molecule has 0 heterocycles. The Hall–Kier alpha value is -0.730. The molecule has 2 N–H and O–H groups in total. The van der Waals surface area contributed by atoms with Crippen molar-refractivity contribution in [3.63, 3.8) is 0 Å². The fraction of sp³-hybridized carbons (Fsp3) is 0.625. The van der Waals surface area contributed by atoms with Crippen LogP contribution in [-0.2, 0) is 6.42 Å². The van der Waals surface area contributed by atoms with Gasteiger partial charge in [0.05, 0.1) is 7.11 Å². The molecule has 2 unspecified atom stereocenters. The van der Waals surface area contributed by atoms with Gasteiger partial charge in [-0.2, -0.15) is 0 Å². The van der Waals surface area contributed by atoms with E-state index in [0.717, 1.165) is 41.5 Å². The quantitative estimate of drug-likeness (QED) is 0.898. The van der Waals surface area contributed by atoms with Gasteiger partial charge in [0.2, 0.25) is 0 Å². The number of ether oxygens (including phenoxy) is 1. The van der Waals surface area contributed by atoms with Gasteiger partial charge in [-0.25, -0.2) is 0 Å². The minimum atomic E-state index is -0.100. The van der Waals surface area contributed by atoms with Crippen LogP contribution >= 0.6 is 11.6 Å². The molecule has 1 aliphatic rings. The third kappa shape index (κ3) is 3.64. The van der Waals surface area contributed by atoms with Crippen LogP contribution in [0, 0.1) is 5.92 Å². The number of rotatable bonds is 4. The molecule has 0 aliphatic heterocycles. The Labute approximate surface area is 121 Å². The minimum Gasteiger partial charge on any atom is -0.496 e. The monoisotopic (exact) mass is 281 g/mol. The summed E-state index contributed by atoms with van der Waals surface area (Å²) >= 11 is 6.10. The van der Waals surface area contributed by atoms with Gasteiger partial charge in [0.25, 0.3) is 0 Å². The zero-order chi connectivity index (χ0) is 13.9. The van der Waals surface area contributed by atoms with Crippen molar-refractivity contribution in [3.05, 3.63) is 28.8 Å². The number of hydrogen-bond acceptors (Lipinski definition) is 2. The Bertz CT molecular complexity index is 435. The van der Waals surface area contributed by atoms with Crippen LogP contribution in [0.5, 0.6) is 5.75 Å². The number of benzene rings is 1. The molecule has 1 aromatic carbocycles. The van der Waals surface area contributed by atoms with Gasteiger partial charge in [-0.1, -0.05) is 37.8 Å². The molecule has 2 rings (SSSR count). The van der Waals surface area contributed by atoms with Crippen LogP contribution in [0.4, 0.5) is 0 Å². The molecule has 19 heavy (non-hydrogen) atoms. The number of halogens is 1. The van der Waals surface area contributed by atoms with E-state index in [1.807, 2.05) is 18.2 Å². The first-order chi connectivity index (χ1) is 9.06. The lowest BCUT2D eigenvalue weighted by Crippen LogP contribution is -2.46. The molecular formula is C16H24ClNO. The average molecular weight is 282 g/mol. The van der Waals surface area contributed by atoms with Crippen LogP contribution in [0.25, 0.3) is 0 Å². The van der Waals surface area contributed by atoms with Crippen molar-refractivity contribution in [1.29, 1.82) is 0 Å². The highest BCUT2D eigenvalue weighted by Gasteiger charge is 2.32. The summed E-state index contributed by atoms with van der Waals surface area (Å²) in [4.78, 5) is 0. The highest BCUT2D eigenvalue weighted by molar-refractivity contribution is 6.30. The molecule has 106 valence electrons. The minimum absolute atomic E-state index is 0.100.